The van der Waals surface area contributed by atoms with Crippen LogP contribution in [-0.4, -0.2) is 26.2 Å². The maximum absolute atomic E-state index is 5.56. The second-order valence-electron chi connectivity index (χ2n) is 11.2. The molecule has 0 unspecified atom stereocenters. The Hall–Kier alpha value is -5.51. The summed E-state index contributed by atoms with van der Waals surface area (Å²) in [6, 6.07) is 52.7. The van der Waals surface area contributed by atoms with Gasteiger partial charge in [-0.05, 0) is 47.6 Å². The average Bonchev–Trinajstić information content (AvgIpc) is 3.64. The zero-order chi connectivity index (χ0) is 30.6. The van der Waals surface area contributed by atoms with Gasteiger partial charge >= 0.3 is 21.1 Å². The van der Waals surface area contributed by atoms with E-state index < -0.39 is 0 Å². The molecule has 0 radical (unpaired) electrons. The van der Waals surface area contributed by atoms with Crippen LogP contribution >= 0.6 is 0 Å². The molecule has 0 N–H and O–H groups in total. The molecule has 5 aromatic carbocycles. The molecule has 0 aliphatic rings. The number of rotatable bonds is 5. The molecule has 0 fully saturated rings. The third-order valence-electron chi connectivity index (χ3n) is 8.69. The fourth-order valence-electron chi connectivity index (χ4n) is 6.70. The van der Waals surface area contributed by atoms with E-state index in [2.05, 4.69) is 106 Å². The van der Waals surface area contributed by atoms with Gasteiger partial charge in [-0.25, -0.2) is 21.1 Å². The van der Waals surface area contributed by atoms with E-state index in [-0.39, 0.29) is 21.1 Å². The van der Waals surface area contributed by atoms with Crippen LogP contribution in [-0.2, 0) is 21.1 Å². The van der Waals surface area contributed by atoms with Crippen molar-refractivity contribution in [3.8, 4) is 39.5 Å². The number of pyridine rings is 2. The summed E-state index contributed by atoms with van der Waals surface area (Å²) in [6.45, 7) is 0. The number of benzene rings is 5. The average molecular weight is 786 g/mol. The van der Waals surface area contributed by atoms with E-state index in [0.717, 1.165) is 83.4 Å². The summed E-state index contributed by atoms with van der Waals surface area (Å²) >= 11 is 0. The summed E-state index contributed by atoms with van der Waals surface area (Å²) in [6.07, 6.45) is 1.83. The van der Waals surface area contributed by atoms with Crippen LogP contribution in [0.25, 0.3) is 77.6 Å². The van der Waals surface area contributed by atoms with Gasteiger partial charge in [0.05, 0.1) is 18.1 Å². The van der Waals surface area contributed by atoms with Gasteiger partial charge in [0.1, 0.15) is 22.9 Å². The van der Waals surface area contributed by atoms with Crippen molar-refractivity contribution >= 4 is 43.9 Å². The van der Waals surface area contributed by atoms with Crippen LogP contribution in [0.2, 0.25) is 0 Å². The van der Waals surface area contributed by atoms with E-state index in [1.54, 1.807) is 7.11 Å². The van der Waals surface area contributed by atoms with Crippen molar-refractivity contribution in [3.05, 3.63) is 152 Å². The SMILES string of the molecule is COc1ccc(-c2c3c4ccccc4n(-c4[c-]c(-c5[c-]cccc5)ccc4)c3nc3c2c2ccccc2n3-c2ccccn2)cc1.[Pt+2]. The molecule has 4 aromatic heterocycles. The van der Waals surface area contributed by atoms with Crippen LogP contribution < -0.4 is 4.74 Å². The van der Waals surface area contributed by atoms with Gasteiger partial charge < -0.3 is 9.30 Å². The summed E-state index contributed by atoms with van der Waals surface area (Å²) < 4.78 is 9.98. The van der Waals surface area contributed by atoms with Gasteiger partial charge in [0.25, 0.3) is 0 Å². The second-order valence-corrected chi connectivity index (χ2v) is 11.2. The molecular weight excluding hydrogens is 760 g/mol. The Balaban J connectivity index is 0.00000324. The Kier molecular flexibility index (Phi) is 7.20. The molecular formula is C41H26N4OPt. The predicted molar refractivity (Wildman–Crippen MR) is 186 cm³/mol. The van der Waals surface area contributed by atoms with Gasteiger partial charge in [0.15, 0.2) is 0 Å². The number of ether oxygens (including phenoxy) is 1. The first kappa shape index (κ1) is 28.9. The van der Waals surface area contributed by atoms with Crippen LogP contribution in [0.15, 0.2) is 140 Å². The number of fused-ring (bicyclic) bond motifs is 6. The minimum Gasteiger partial charge on any atom is -0.497 e. The largest absolute Gasteiger partial charge is 2.00 e. The number of aromatic nitrogens is 4. The first-order valence-electron chi connectivity index (χ1n) is 15.2. The fraction of sp³-hybridized carbons (Fsp3) is 0.0244. The van der Waals surface area contributed by atoms with E-state index in [4.69, 9.17) is 14.7 Å². The molecule has 9 aromatic rings. The Labute approximate surface area is 286 Å². The van der Waals surface area contributed by atoms with Crippen molar-refractivity contribution in [2.75, 3.05) is 7.11 Å². The van der Waals surface area contributed by atoms with Gasteiger partial charge in [0, 0.05) is 33.3 Å². The van der Waals surface area contributed by atoms with Gasteiger partial charge in [-0.2, -0.15) is 42.5 Å². The molecule has 0 atom stereocenters. The summed E-state index contributed by atoms with van der Waals surface area (Å²) in [4.78, 5) is 10.3. The minimum atomic E-state index is 0. The normalized spacial score (nSPS) is 11.3. The van der Waals surface area contributed by atoms with Crippen molar-refractivity contribution in [2.45, 2.75) is 0 Å². The topological polar surface area (TPSA) is 44.9 Å². The zero-order valence-corrected chi connectivity index (χ0v) is 27.6. The van der Waals surface area contributed by atoms with Gasteiger partial charge in [0.2, 0.25) is 0 Å². The third-order valence-corrected chi connectivity index (χ3v) is 8.69. The number of methoxy groups -OCH3 is 1. The van der Waals surface area contributed by atoms with Gasteiger partial charge in [-0.1, -0.05) is 54.6 Å². The molecule has 0 saturated carbocycles. The quantitative estimate of drug-likeness (QED) is 0.163. The fourth-order valence-corrected chi connectivity index (χ4v) is 6.70. The van der Waals surface area contributed by atoms with E-state index in [0.29, 0.717) is 0 Å². The van der Waals surface area contributed by atoms with Crippen molar-refractivity contribution in [3.63, 3.8) is 0 Å². The molecule has 0 saturated heterocycles. The molecule has 47 heavy (non-hydrogen) atoms. The first-order chi connectivity index (χ1) is 22.8. The van der Waals surface area contributed by atoms with Crippen LogP contribution in [0.3, 0.4) is 0 Å². The summed E-state index contributed by atoms with van der Waals surface area (Å²) in [5.74, 6) is 1.63. The number of para-hydroxylation sites is 2. The monoisotopic (exact) mass is 785 g/mol. The smallest absolute Gasteiger partial charge is 0.497 e. The molecule has 0 bridgehead atoms. The van der Waals surface area contributed by atoms with Gasteiger partial charge in [-0.3, -0.25) is 4.57 Å². The van der Waals surface area contributed by atoms with Crippen molar-refractivity contribution in [2.24, 2.45) is 0 Å². The van der Waals surface area contributed by atoms with Crippen LogP contribution in [0.1, 0.15) is 0 Å². The van der Waals surface area contributed by atoms with Crippen LogP contribution in [0.5, 0.6) is 5.75 Å². The molecule has 0 spiro atoms. The predicted octanol–water partition coefficient (Wildman–Crippen LogP) is 9.61. The Morgan fingerprint density at radius 3 is 1.96 bits per heavy atom. The molecule has 4 heterocycles. The van der Waals surface area contributed by atoms with Crippen molar-refractivity contribution in [1.82, 2.24) is 19.1 Å². The van der Waals surface area contributed by atoms with E-state index >= 15 is 0 Å². The standard InChI is InChI=1S/C41H26N4O.Pt/c1-46-31-23-21-28(22-24-31)37-38-32-16-5-7-18-34(32)44(30-15-11-14-29(26-30)27-12-3-2-4-13-27)40(38)43-41-39(37)33-17-6-8-19-35(33)45(41)36-20-9-10-25-42-36;/h2-12,14-25H,1H3;/q-2;+2. The molecule has 0 amide bonds. The van der Waals surface area contributed by atoms with Crippen LogP contribution in [0, 0.1) is 12.1 Å². The Bertz CT molecular complexity index is 2550. The zero-order valence-electron chi connectivity index (χ0n) is 25.3. The molecule has 6 heteroatoms. The van der Waals surface area contributed by atoms with E-state index in [1.807, 2.05) is 54.7 Å². The molecule has 5 nitrogen and oxygen atoms in total. The number of hydrogen-bond acceptors (Lipinski definition) is 3. The maximum Gasteiger partial charge on any atom is 2.00 e. The van der Waals surface area contributed by atoms with E-state index in [1.165, 1.54) is 0 Å². The van der Waals surface area contributed by atoms with E-state index in [9.17, 15) is 0 Å². The van der Waals surface area contributed by atoms with Crippen molar-refractivity contribution < 1.29 is 25.8 Å². The maximum atomic E-state index is 5.56. The minimum absolute atomic E-state index is 0. The number of nitrogens with zero attached hydrogens (tertiary/aromatic N) is 4. The Morgan fingerprint density at radius 2 is 1.28 bits per heavy atom. The van der Waals surface area contributed by atoms with Crippen LogP contribution in [0.4, 0.5) is 0 Å². The summed E-state index contributed by atoms with van der Waals surface area (Å²) in [7, 11) is 1.70. The second kappa shape index (κ2) is 11.7. The molecule has 0 aliphatic heterocycles. The molecule has 0 aliphatic carbocycles. The molecule has 9 rings (SSSR count). The summed E-state index contributed by atoms with van der Waals surface area (Å²) in [5, 5.41) is 4.41. The first-order valence-corrected chi connectivity index (χ1v) is 15.2. The Morgan fingerprint density at radius 1 is 0.617 bits per heavy atom. The van der Waals surface area contributed by atoms with Gasteiger partial charge in [-0.15, -0.1) is 12.1 Å². The van der Waals surface area contributed by atoms with Crippen molar-refractivity contribution in [1.29, 1.82) is 0 Å². The summed E-state index contributed by atoms with van der Waals surface area (Å²) in [5.41, 5.74) is 8.89. The molecule has 226 valence electrons. The third kappa shape index (κ3) is 4.58. The number of hydrogen-bond donors (Lipinski definition) is 0.